The zero-order chi connectivity index (χ0) is 13.0. The summed E-state index contributed by atoms with van der Waals surface area (Å²) in [4.78, 5) is 20.8. The zero-order valence-corrected chi connectivity index (χ0v) is 10.8. The maximum Gasteiger partial charge on any atom is 0.410 e. The van der Waals surface area contributed by atoms with E-state index in [1.165, 1.54) is 12.4 Å². The predicted molar refractivity (Wildman–Crippen MR) is 64.7 cm³/mol. The van der Waals surface area contributed by atoms with Crippen LogP contribution in [-0.4, -0.2) is 46.8 Å². The van der Waals surface area contributed by atoms with Gasteiger partial charge in [-0.1, -0.05) is 18.5 Å². The highest BCUT2D eigenvalue weighted by atomic mass is 35.5. The number of hydrogen-bond acceptors (Lipinski definition) is 5. The molecule has 0 aliphatic carbocycles. The maximum absolute atomic E-state index is 11.4. The van der Waals surface area contributed by atoms with Crippen molar-refractivity contribution in [1.29, 1.82) is 0 Å². The van der Waals surface area contributed by atoms with E-state index in [-0.39, 0.29) is 17.4 Å². The standard InChI is InChI=1S/C11H14ClN3O3/c1-2-5-17-11(16)15-6-8(7-15)18-10-9(12)13-3-4-14-10/h3-4,8H,2,5-7H2,1H3. The molecule has 0 N–H and O–H groups in total. The van der Waals surface area contributed by atoms with Crippen LogP contribution in [0.4, 0.5) is 4.79 Å². The molecule has 1 fully saturated rings. The lowest BCUT2D eigenvalue weighted by molar-refractivity contribution is 0.00915. The van der Waals surface area contributed by atoms with Gasteiger partial charge in [0.05, 0.1) is 19.7 Å². The molecular formula is C11H14ClN3O3. The summed E-state index contributed by atoms with van der Waals surface area (Å²) in [5, 5.41) is 0.226. The van der Waals surface area contributed by atoms with E-state index in [0.717, 1.165) is 6.42 Å². The van der Waals surface area contributed by atoms with Crippen LogP contribution in [-0.2, 0) is 4.74 Å². The highest BCUT2D eigenvalue weighted by Crippen LogP contribution is 2.22. The fraction of sp³-hybridized carbons (Fsp3) is 0.545. The van der Waals surface area contributed by atoms with Gasteiger partial charge in [0.1, 0.15) is 6.10 Å². The third-order valence-corrected chi connectivity index (χ3v) is 2.70. The lowest BCUT2D eigenvalue weighted by Gasteiger charge is -2.37. The normalized spacial score (nSPS) is 15.1. The molecule has 98 valence electrons. The molecule has 1 aromatic rings. The molecule has 1 aliphatic heterocycles. The maximum atomic E-state index is 11.4. The molecule has 0 unspecified atom stereocenters. The monoisotopic (exact) mass is 271 g/mol. The number of ether oxygens (including phenoxy) is 2. The van der Waals surface area contributed by atoms with Gasteiger partial charge in [-0.15, -0.1) is 0 Å². The third kappa shape index (κ3) is 3.01. The van der Waals surface area contributed by atoms with Crippen LogP contribution in [0.3, 0.4) is 0 Å². The number of amides is 1. The lowest BCUT2D eigenvalue weighted by atomic mass is 10.2. The zero-order valence-electron chi connectivity index (χ0n) is 10.0. The van der Waals surface area contributed by atoms with E-state index < -0.39 is 0 Å². The molecule has 0 bridgehead atoms. The Labute approximate surface area is 110 Å². The molecule has 0 radical (unpaired) electrons. The van der Waals surface area contributed by atoms with Gasteiger partial charge < -0.3 is 14.4 Å². The second-order valence-electron chi connectivity index (χ2n) is 3.91. The van der Waals surface area contributed by atoms with Gasteiger partial charge in [-0.2, -0.15) is 0 Å². The molecule has 6 nitrogen and oxygen atoms in total. The van der Waals surface area contributed by atoms with Crippen LogP contribution in [0.15, 0.2) is 12.4 Å². The van der Waals surface area contributed by atoms with Crippen LogP contribution in [0, 0.1) is 0 Å². The van der Waals surface area contributed by atoms with Crippen LogP contribution in [0.25, 0.3) is 0 Å². The Bertz CT molecular complexity index is 424. The predicted octanol–water partition coefficient (Wildman–Crippen LogP) is 1.74. The number of carbonyl (C=O) groups is 1. The van der Waals surface area contributed by atoms with E-state index in [2.05, 4.69) is 9.97 Å². The number of likely N-dealkylation sites (tertiary alicyclic amines) is 1. The fourth-order valence-electron chi connectivity index (χ4n) is 1.49. The average Bonchev–Trinajstić information content (AvgIpc) is 2.32. The topological polar surface area (TPSA) is 64.5 Å². The highest BCUT2D eigenvalue weighted by Gasteiger charge is 2.34. The first-order valence-corrected chi connectivity index (χ1v) is 6.13. The molecule has 2 heterocycles. The Morgan fingerprint density at radius 3 is 2.89 bits per heavy atom. The summed E-state index contributed by atoms with van der Waals surface area (Å²) >= 11 is 5.81. The molecule has 0 spiro atoms. The third-order valence-electron chi connectivity index (χ3n) is 2.44. The Morgan fingerprint density at radius 1 is 1.50 bits per heavy atom. The molecule has 1 aromatic heterocycles. The summed E-state index contributed by atoms with van der Waals surface area (Å²) in [5.74, 6) is 0.297. The Hall–Kier alpha value is -1.56. The fourth-order valence-corrected chi connectivity index (χ4v) is 1.64. The van der Waals surface area contributed by atoms with E-state index in [4.69, 9.17) is 21.1 Å². The Morgan fingerprint density at radius 2 is 2.22 bits per heavy atom. The van der Waals surface area contributed by atoms with Crippen molar-refractivity contribution in [3.63, 3.8) is 0 Å². The molecular weight excluding hydrogens is 258 g/mol. The molecule has 1 saturated heterocycles. The number of halogens is 1. The smallest absolute Gasteiger partial charge is 0.410 e. The van der Waals surface area contributed by atoms with E-state index in [0.29, 0.717) is 25.6 Å². The first-order chi connectivity index (χ1) is 8.70. The number of rotatable bonds is 4. The van der Waals surface area contributed by atoms with Gasteiger partial charge in [-0.05, 0) is 6.42 Å². The quantitative estimate of drug-likeness (QED) is 0.835. The largest absolute Gasteiger partial charge is 0.468 e. The number of hydrogen-bond donors (Lipinski definition) is 0. The average molecular weight is 272 g/mol. The van der Waals surface area contributed by atoms with Crippen molar-refractivity contribution >= 4 is 17.7 Å². The van der Waals surface area contributed by atoms with Crippen molar-refractivity contribution in [2.24, 2.45) is 0 Å². The second-order valence-corrected chi connectivity index (χ2v) is 4.27. The first-order valence-electron chi connectivity index (χ1n) is 5.75. The SMILES string of the molecule is CCCOC(=O)N1CC(Oc2nccnc2Cl)C1. The summed E-state index contributed by atoms with van der Waals surface area (Å²) in [7, 11) is 0. The van der Waals surface area contributed by atoms with Gasteiger partial charge in [0.15, 0.2) is 5.15 Å². The van der Waals surface area contributed by atoms with Gasteiger partial charge in [-0.25, -0.2) is 14.8 Å². The van der Waals surface area contributed by atoms with E-state index in [1.54, 1.807) is 4.90 Å². The van der Waals surface area contributed by atoms with E-state index in [1.807, 2.05) is 6.92 Å². The lowest BCUT2D eigenvalue weighted by Crippen LogP contribution is -2.56. The molecule has 2 rings (SSSR count). The number of nitrogens with zero attached hydrogens (tertiary/aromatic N) is 3. The summed E-state index contributed by atoms with van der Waals surface area (Å²) in [6, 6.07) is 0. The molecule has 0 atom stereocenters. The molecule has 1 aliphatic rings. The summed E-state index contributed by atoms with van der Waals surface area (Å²) < 4.78 is 10.5. The molecule has 18 heavy (non-hydrogen) atoms. The van der Waals surface area contributed by atoms with Crippen molar-refractivity contribution in [2.45, 2.75) is 19.4 Å². The minimum absolute atomic E-state index is 0.103. The van der Waals surface area contributed by atoms with Gasteiger partial charge >= 0.3 is 6.09 Å². The van der Waals surface area contributed by atoms with Crippen LogP contribution >= 0.6 is 11.6 Å². The van der Waals surface area contributed by atoms with Crippen molar-refractivity contribution in [3.8, 4) is 5.88 Å². The minimum Gasteiger partial charge on any atom is -0.468 e. The molecule has 7 heteroatoms. The van der Waals surface area contributed by atoms with E-state index in [9.17, 15) is 4.79 Å². The number of aromatic nitrogens is 2. The summed E-state index contributed by atoms with van der Waals surface area (Å²) in [6.45, 7) is 3.35. The molecule has 0 saturated carbocycles. The highest BCUT2D eigenvalue weighted by molar-refractivity contribution is 6.30. The van der Waals surface area contributed by atoms with Crippen LogP contribution < -0.4 is 4.74 Å². The van der Waals surface area contributed by atoms with Crippen molar-refractivity contribution in [3.05, 3.63) is 17.5 Å². The van der Waals surface area contributed by atoms with Crippen LogP contribution in [0.2, 0.25) is 5.15 Å². The van der Waals surface area contributed by atoms with Crippen LogP contribution in [0.1, 0.15) is 13.3 Å². The van der Waals surface area contributed by atoms with Crippen LogP contribution in [0.5, 0.6) is 5.88 Å². The van der Waals surface area contributed by atoms with Gasteiger partial charge in [0.2, 0.25) is 0 Å². The Kier molecular flexibility index (Phi) is 4.19. The van der Waals surface area contributed by atoms with Gasteiger partial charge in [0, 0.05) is 12.4 Å². The second kappa shape index (κ2) is 5.86. The van der Waals surface area contributed by atoms with E-state index >= 15 is 0 Å². The Balaban J connectivity index is 1.76. The minimum atomic E-state index is -0.304. The van der Waals surface area contributed by atoms with Gasteiger partial charge in [0.25, 0.3) is 5.88 Å². The van der Waals surface area contributed by atoms with Crippen molar-refractivity contribution < 1.29 is 14.3 Å². The molecule has 0 aromatic carbocycles. The number of carbonyl (C=O) groups excluding carboxylic acids is 1. The summed E-state index contributed by atoms with van der Waals surface area (Å²) in [5.41, 5.74) is 0. The van der Waals surface area contributed by atoms with Crippen molar-refractivity contribution in [2.75, 3.05) is 19.7 Å². The first kappa shape index (κ1) is 12.9. The van der Waals surface area contributed by atoms with Gasteiger partial charge in [-0.3, -0.25) is 0 Å². The van der Waals surface area contributed by atoms with Crippen molar-refractivity contribution in [1.82, 2.24) is 14.9 Å². The molecule has 1 amide bonds. The summed E-state index contributed by atoms with van der Waals surface area (Å²) in [6.07, 6.45) is 3.40.